The van der Waals surface area contributed by atoms with Gasteiger partial charge in [0.1, 0.15) is 0 Å². The summed E-state index contributed by atoms with van der Waals surface area (Å²) in [5, 5.41) is 6.30. The molecule has 2 heterocycles. The van der Waals surface area contributed by atoms with Crippen LogP contribution in [0.3, 0.4) is 0 Å². The van der Waals surface area contributed by atoms with Crippen molar-refractivity contribution in [3.05, 3.63) is 24.0 Å². The minimum Gasteiger partial charge on any atom is -0.353 e. The third-order valence-electron chi connectivity index (χ3n) is 2.95. The maximum Gasteiger partial charge on any atom is 0.237 e. The molecule has 0 spiro atoms. The summed E-state index contributed by atoms with van der Waals surface area (Å²) in [6.45, 7) is 2.69. The number of aromatic nitrogens is 1. The molecule has 1 saturated heterocycles. The second-order valence-electron chi connectivity index (χ2n) is 3.97. The van der Waals surface area contributed by atoms with E-state index in [1.165, 1.54) is 5.69 Å². The van der Waals surface area contributed by atoms with Gasteiger partial charge in [-0.1, -0.05) is 6.92 Å². The maximum atomic E-state index is 11.4. The van der Waals surface area contributed by atoms with E-state index in [-0.39, 0.29) is 18.0 Å². The molecule has 2 atom stereocenters. The number of nitrogens with one attached hydrogen (secondary N) is 2. The summed E-state index contributed by atoms with van der Waals surface area (Å²) in [5.74, 6) is 0.114. The lowest BCUT2D eigenvalue weighted by Gasteiger charge is -2.30. The Kier molecular flexibility index (Phi) is 2.77. The van der Waals surface area contributed by atoms with Crippen LogP contribution in [-0.2, 0) is 11.8 Å². The molecular formula is C11H17N3O. The van der Waals surface area contributed by atoms with E-state index in [0.717, 1.165) is 6.42 Å². The van der Waals surface area contributed by atoms with Crippen molar-refractivity contribution in [2.24, 2.45) is 7.05 Å². The van der Waals surface area contributed by atoms with Gasteiger partial charge in [0, 0.05) is 25.5 Å². The second kappa shape index (κ2) is 4.06. The molecule has 1 aliphatic rings. The van der Waals surface area contributed by atoms with E-state index in [4.69, 9.17) is 0 Å². The second-order valence-corrected chi connectivity index (χ2v) is 3.97. The van der Waals surface area contributed by atoms with Gasteiger partial charge in [-0.05, 0) is 18.6 Å². The highest BCUT2D eigenvalue weighted by Crippen LogP contribution is 2.16. The van der Waals surface area contributed by atoms with E-state index in [1.54, 1.807) is 0 Å². The van der Waals surface area contributed by atoms with Crippen LogP contribution in [0.15, 0.2) is 18.3 Å². The Morgan fingerprint density at radius 1 is 1.60 bits per heavy atom. The molecule has 0 saturated carbocycles. The van der Waals surface area contributed by atoms with Crippen molar-refractivity contribution in [1.82, 2.24) is 15.2 Å². The molecule has 0 bridgehead atoms. The van der Waals surface area contributed by atoms with Crippen LogP contribution < -0.4 is 10.6 Å². The minimum absolute atomic E-state index is 0.0568. The molecule has 1 fully saturated rings. The van der Waals surface area contributed by atoms with Crippen LogP contribution in [0, 0.1) is 0 Å². The van der Waals surface area contributed by atoms with Crippen molar-refractivity contribution in [3.8, 4) is 0 Å². The van der Waals surface area contributed by atoms with Gasteiger partial charge in [0.25, 0.3) is 0 Å². The Hall–Kier alpha value is -1.29. The largest absolute Gasteiger partial charge is 0.353 e. The van der Waals surface area contributed by atoms with Gasteiger partial charge in [0.2, 0.25) is 5.91 Å². The van der Waals surface area contributed by atoms with Crippen LogP contribution in [-0.4, -0.2) is 23.1 Å². The summed E-state index contributed by atoms with van der Waals surface area (Å²) in [6.07, 6.45) is 2.85. The highest BCUT2D eigenvalue weighted by Gasteiger charge is 2.27. The van der Waals surface area contributed by atoms with Crippen LogP contribution in [0.4, 0.5) is 0 Å². The highest BCUT2D eigenvalue weighted by molar-refractivity contribution is 5.82. The normalized spacial score (nSPS) is 26.4. The smallest absolute Gasteiger partial charge is 0.237 e. The number of hydrogen-bond acceptors (Lipinski definition) is 2. The van der Waals surface area contributed by atoms with Gasteiger partial charge in [-0.3, -0.25) is 10.1 Å². The van der Waals surface area contributed by atoms with Crippen molar-refractivity contribution in [1.29, 1.82) is 0 Å². The fourth-order valence-electron chi connectivity index (χ4n) is 2.03. The molecule has 0 radical (unpaired) electrons. The molecule has 1 amide bonds. The first-order chi connectivity index (χ1) is 7.22. The molecule has 2 rings (SSSR count). The Morgan fingerprint density at radius 3 is 3.00 bits per heavy atom. The number of aryl methyl sites for hydroxylation is 1. The zero-order valence-corrected chi connectivity index (χ0v) is 9.16. The van der Waals surface area contributed by atoms with Gasteiger partial charge in [0.05, 0.1) is 12.1 Å². The van der Waals surface area contributed by atoms with Crippen LogP contribution >= 0.6 is 0 Å². The molecule has 2 N–H and O–H groups in total. The van der Waals surface area contributed by atoms with Gasteiger partial charge in [-0.2, -0.15) is 0 Å². The topological polar surface area (TPSA) is 46.1 Å². The Morgan fingerprint density at radius 2 is 2.40 bits per heavy atom. The zero-order valence-electron chi connectivity index (χ0n) is 9.16. The molecule has 2 unspecified atom stereocenters. The number of carbonyl (C=O) groups excluding carboxylic acids is 1. The average molecular weight is 207 g/mol. The van der Waals surface area contributed by atoms with Gasteiger partial charge < -0.3 is 9.88 Å². The average Bonchev–Trinajstić information content (AvgIpc) is 2.65. The predicted octanol–water partition coefficient (Wildman–Crippen LogP) is 0.564. The van der Waals surface area contributed by atoms with Crippen molar-refractivity contribution in [3.63, 3.8) is 0 Å². The first kappa shape index (κ1) is 10.2. The zero-order chi connectivity index (χ0) is 10.8. The van der Waals surface area contributed by atoms with Crippen molar-refractivity contribution in [2.45, 2.75) is 25.4 Å². The lowest BCUT2D eigenvalue weighted by Crippen LogP contribution is -2.54. The number of piperazine rings is 1. The summed E-state index contributed by atoms with van der Waals surface area (Å²) >= 11 is 0. The molecule has 82 valence electrons. The number of amides is 1. The maximum absolute atomic E-state index is 11.4. The third kappa shape index (κ3) is 1.90. The monoisotopic (exact) mass is 207 g/mol. The minimum atomic E-state index is -0.0568. The molecular weight excluding hydrogens is 190 g/mol. The molecule has 1 aliphatic heterocycles. The first-order valence-corrected chi connectivity index (χ1v) is 5.37. The van der Waals surface area contributed by atoms with Crippen LogP contribution in [0.2, 0.25) is 0 Å². The molecule has 1 aromatic heterocycles. The molecule has 0 aromatic carbocycles. The van der Waals surface area contributed by atoms with Crippen molar-refractivity contribution >= 4 is 5.91 Å². The lowest BCUT2D eigenvalue weighted by molar-refractivity contribution is -0.125. The number of hydrogen-bond donors (Lipinski definition) is 2. The highest BCUT2D eigenvalue weighted by atomic mass is 16.2. The summed E-state index contributed by atoms with van der Waals surface area (Å²) in [5.41, 5.74) is 1.22. The fraction of sp³-hybridized carbons (Fsp3) is 0.545. The first-order valence-electron chi connectivity index (χ1n) is 5.37. The van der Waals surface area contributed by atoms with E-state index in [2.05, 4.69) is 21.3 Å². The van der Waals surface area contributed by atoms with E-state index in [1.807, 2.05) is 26.2 Å². The Balaban J connectivity index is 2.13. The van der Waals surface area contributed by atoms with Crippen molar-refractivity contribution in [2.75, 3.05) is 6.54 Å². The molecule has 0 aliphatic carbocycles. The Bertz CT molecular complexity index is 358. The van der Waals surface area contributed by atoms with Gasteiger partial charge in [0.15, 0.2) is 0 Å². The van der Waals surface area contributed by atoms with E-state index >= 15 is 0 Å². The van der Waals surface area contributed by atoms with Crippen molar-refractivity contribution < 1.29 is 4.79 Å². The summed E-state index contributed by atoms with van der Waals surface area (Å²) < 4.78 is 2.09. The van der Waals surface area contributed by atoms with Crippen LogP contribution in [0.1, 0.15) is 25.1 Å². The van der Waals surface area contributed by atoms with Gasteiger partial charge >= 0.3 is 0 Å². The summed E-state index contributed by atoms with van der Waals surface area (Å²) in [6, 6.07) is 4.28. The Labute approximate surface area is 89.7 Å². The van der Waals surface area contributed by atoms with E-state index in [9.17, 15) is 4.79 Å². The van der Waals surface area contributed by atoms with E-state index in [0.29, 0.717) is 6.54 Å². The van der Waals surface area contributed by atoms with E-state index < -0.39 is 0 Å². The summed E-state index contributed by atoms with van der Waals surface area (Å²) in [4.78, 5) is 11.4. The van der Waals surface area contributed by atoms with Gasteiger partial charge in [-0.25, -0.2) is 0 Å². The molecule has 4 heteroatoms. The fourth-order valence-corrected chi connectivity index (χ4v) is 2.03. The number of carbonyl (C=O) groups is 1. The van der Waals surface area contributed by atoms with Crippen LogP contribution in [0.25, 0.3) is 0 Å². The van der Waals surface area contributed by atoms with Gasteiger partial charge in [-0.15, -0.1) is 0 Å². The van der Waals surface area contributed by atoms with Crippen LogP contribution in [0.5, 0.6) is 0 Å². The molecule has 4 nitrogen and oxygen atoms in total. The molecule has 1 aromatic rings. The lowest BCUT2D eigenvalue weighted by atomic mass is 10.1. The SMILES string of the molecule is CCC1NC(c2cccn2C)CNC1=O. The standard InChI is InChI=1S/C11H17N3O/c1-3-8-11(15)12-7-9(13-8)10-5-4-6-14(10)2/h4-6,8-9,13H,3,7H2,1-2H3,(H,12,15). The molecule has 15 heavy (non-hydrogen) atoms. The summed E-state index contributed by atoms with van der Waals surface area (Å²) in [7, 11) is 2.02. The third-order valence-corrected chi connectivity index (χ3v) is 2.95. The quantitative estimate of drug-likeness (QED) is 0.744. The number of nitrogens with zero attached hydrogens (tertiary/aromatic N) is 1. The predicted molar refractivity (Wildman–Crippen MR) is 58.4 cm³/mol. The number of rotatable bonds is 2.